The zero-order valence-electron chi connectivity index (χ0n) is 9.11. The highest BCUT2D eigenvalue weighted by Gasteiger charge is 2.06. The number of hydrogen-bond acceptors (Lipinski definition) is 4. The molecule has 0 fully saturated rings. The number of hydrogen-bond donors (Lipinski definition) is 2. The van der Waals surface area contributed by atoms with Gasteiger partial charge in [0.05, 0.1) is 16.9 Å². The highest BCUT2D eigenvalue weighted by molar-refractivity contribution is 14.1. The standard InChI is InChI=1S/C12H8FIN4/c13-8-1-2-11(9(14)4-8)18-12-10(16)3-7(5-15)6-17-12/h1-4,6H,16H2,(H,17,18). The van der Waals surface area contributed by atoms with Gasteiger partial charge in [-0.1, -0.05) is 0 Å². The first-order valence-corrected chi connectivity index (χ1v) is 6.05. The van der Waals surface area contributed by atoms with Crippen LogP contribution in [0.5, 0.6) is 0 Å². The minimum absolute atomic E-state index is 0.300. The van der Waals surface area contributed by atoms with Gasteiger partial charge in [0.2, 0.25) is 0 Å². The molecule has 0 saturated carbocycles. The second-order valence-corrected chi connectivity index (χ2v) is 4.68. The minimum Gasteiger partial charge on any atom is -0.396 e. The van der Waals surface area contributed by atoms with Crippen LogP contribution in [-0.2, 0) is 0 Å². The van der Waals surface area contributed by atoms with E-state index in [2.05, 4.69) is 10.3 Å². The van der Waals surface area contributed by atoms with Crippen molar-refractivity contribution in [2.75, 3.05) is 11.1 Å². The van der Waals surface area contributed by atoms with Crippen LogP contribution < -0.4 is 11.1 Å². The molecule has 0 atom stereocenters. The summed E-state index contributed by atoms with van der Waals surface area (Å²) in [6.45, 7) is 0. The molecule has 0 aliphatic carbocycles. The summed E-state index contributed by atoms with van der Waals surface area (Å²) in [5.41, 5.74) is 7.25. The molecule has 0 unspecified atom stereocenters. The molecule has 18 heavy (non-hydrogen) atoms. The first-order valence-electron chi connectivity index (χ1n) is 4.98. The van der Waals surface area contributed by atoms with E-state index in [1.807, 2.05) is 28.7 Å². The van der Waals surface area contributed by atoms with Crippen molar-refractivity contribution in [3.05, 3.63) is 45.4 Å². The van der Waals surface area contributed by atoms with Gasteiger partial charge in [0.1, 0.15) is 11.9 Å². The summed E-state index contributed by atoms with van der Waals surface area (Å²) < 4.78 is 13.7. The van der Waals surface area contributed by atoms with Gasteiger partial charge in [-0.15, -0.1) is 0 Å². The first kappa shape index (κ1) is 12.6. The Morgan fingerprint density at radius 1 is 1.39 bits per heavy atom. The third-order valence-electron chi connectivity index (χ3n) is 2.23. The van der Waals surface area contributed by atoms with Gasteiger partial charge in [-0.05, 0) is 46.9 Å². The Bertz CT molecular complexity index is 636. The third kappa shape index (κ3) is 2.68. The van der Waals surface area contributed by atoms with E-state index in [1.165, 1.54) is 24.4 Å². The molecule has 2 rings (SSSR count). The van der Waals surface area contributed by atoms with E-state index in [0.717, 1.165) is 3.57 Å². The number of rotatable bonds is 2. The van der Waals surface area contributed by atoms with Crippen molar-refractivity contribution in [2.45, 2.75) is 0 Å². The summed E-state index contributed by atoms with van der Waals surface area (Å²) >= 11 is 2.02. The lowest BCUT2D eigenvalue weighted by Gasteiger charge is -2.10. The van der Waals surface area contributed by atoms with Crippen molar-refractivity contribution in [2.24, 2.45) is 0 Å². The highest BCUT2D eigenvalue weighted by atomic mass is 127. The molecule has 90 valence electrons. The van der Waals surface area contributed by atoms with Gasteiger partial charge >= 0.3 is 0 Å². The van der Waals surface area contributed by atoms with Crippen molar-refractivity contribution in [1.82, 2.24) is 4.98 Å². The topological polar surface area (TPSA) is 74.7 Å². The second kappa shape index (κ2) is 5.18. The van der Waals surface area contributed by atoms with E-state index in [-0.39, 0.29) is 5.82 Å². The lowest BCUT2D eigenvalue weighted by molar-refractivity contribution is 0.627. The maximum atomic E-state index is 13.0. The average Bonchev–Trinajstić information content (AvgIpc) is 2.34. The molecular weight excluding hydrogens is 346 g/mol. The highest BCUT2D eigenvalue weighted by Crippen LogP contribution is 2.25. The van der Waals surface area contributed by atoms with Crippen molar-refractivity contribution in [1.29, 1.82) is 5.26 Å². The molecule has 1 aromatic carbocycles. The van der Waals surface area contributed by atoms with Gasteiger partial charge in [-0.2, -0.15) is 5.26 Å². The number of nitrogens with zero attached hydrogens (tertiary/aromatic N) is 2. The molecule has 0 radical (unpaired) electrons. The van der Waals surface area contributed by atoms with Gasteiger partial charge in [0.25, 0.3) is 0 Å². The summed E-state index contributed by atoms with van der Waals surface area (Å²) in [6.07, 6.45) is 1.43. The van der Waals surface area contributed by atoms with Gasteiger partial charge in [0.15, 0.2) is 5.82 Å². The van der Waals surface area contributed by atoms with Gasteiger partial charge in [-0.25, -0.2) is 9.37 Å². The van der Waals surface area contributed by atoms with Gasteiger partial charge in [-0.3, -0.25) is 0 Å². The number of benzene rings is 1. The second-order valence-electron chi connectivity index (χ2n) is 3.52. The minimum atomic E-state index is -0.300. The van der Waals surface area contributed by atoms with Crippen molar-refractivity contribution in [3.8, 4) is 6.07 Å². The fraction of sp³-hybridized carbons (Fsp3) is 0. The molecule has 6 heteroatoms. The molecule has 3 N–H and O–H groups in total. The van der Waals surface area contributed by atoms with E-state index in [4.69, 9.17) is 11.0 Å². The number of pyridine rings is 1. The molecule has 0 aliphatic rings. The van der Waals surface area contributed by atoms with Crippen LogP contribution >= 0.6 is 22.6 Å². The fourth-order valence-electron chi connectivity index (χ4n) is 1.37. The Labute approximate surface area is 117 Å². The molecule has 0 aliphatic heterocycles. The Hall–Kier alpha value is -1.88. The number of aromatic nitrogens is 1. The molecule has 0 bridgehead atoms. The molecule has 1 heterocycles. The third-order valence-corrected chi connectivity index (χ3v) is 3.12. The maximum Gasteiger partial charge on any atom is 0.153 e. The zero-order valence-corrected chi connectivity index (χ0v) is 11.3. The SMILES string of the molecule is N#Cc1cnc(Nc2ccc(F)cc2I)c(N)c1. The molecule has 0 saturated heterocycles. The Morgan fingerprint density at radius 2 is 2.17 bits per heavy atom. The van der Waals surface area contributed by atoms with E-state index < -0.39 is 0 Å². The van der Waals surface area contributed by atoms with E-state index in [1.54, 1.807) is 6.07 Å². The Kier molecular flexibility index (Phi) is 3.62. The average molecular weight is 354 g/mol. The quantitative estimate of drug-likeness (QED) is 0.813. The van der Waals surface area contributed by atoms with Crippen LogP contribution in [0.15, 0.2) is 30.5 Å². The summed E-state index contributed by atoms with van der Waals surface area (Å²) in [7, 11) is 0. The van der Waals surface area contributed by atoms with Gasteiger partial charge < -0.3 is 11.1 Å². The first-order chi connectivity index (χ1) is 8.60. The summed E-state index contributed by atoms with van der Waals surface area (Å²) in [5.74, 6) is 0.143. The normalized spacial score (nSPS) is 9.83. The maximum absolute atomic E-state index is 13.0. The van der Waals surface area contributed by atoms with Crippen molar-refractivity contribution < 1.29 is 4.39 Å². The summed E-state index contributed by atoms with van der Waals surface area (Å²) in [4.78, 5) is 4.05. The van der Waals surface area contributed by atoms with Gasteiger partial charge in [0, 0.05) is 9.77 Å². The van der Waals surface area contributed by atoms with Crippen LogP contribution in [-0.4, -0.2) is 4.98 Å². The number of nitriles is 1. The monoisotopic (exact) mass is 354 g/mol. The predicted octanol–water partition coefficient (Wildman–Crippen LogP) is 3.02. The number of anilines is 3. The van der Waals surface area contributed by atoms with Crippen LogP contribution in [0, 0.1) is 20.7 Å². The Balaban J connectivity index is 2.32. The Morgan fingerprint density at radius 3 is 2.78 bits per heavy atom. The van der Waals surface area contributed by atoms with Crippen LogP contribution in [0.25, 0.3) is 0 Å². The molecule has 1 aromatic heterocycles. The van der Waals surface area contributed by atoms with E-state index >= 15 is 0 Å². The molecular formula is C12H8FIN4. The largest absolute Gasteiger partial charge is 0.396 e. The summed E-state index contributed by atoms with van der Waals surface area (Å²) in [6, 6.07) is 7.85. The number of nitrogens with one attached hydrogen (secondary N) is 1. The van der Waals surface area contributed by atoms with Crippen molar-refractivity contribution >= 4 is 39.8 Å². The van der Waals surface area contributed by atoms with Crippen LogP contribution in [0.1, 0.15) is 5.56 Å². The summed E-state index contributed by atoms with van der Waals surface area (Å²) in [5, 5.41) is 11.7. The van der Waals surface area contributed by atoms with E-state index in [9.17, 15) is 4.39 Å². The lowest BCUT2D eigenvalue weighted by atomic mass is 10.2. The molecule has 0 amide bonds. The smallest absolute Gasteiger partial charge is 0.153 e. The lowest BCUT2D eigenvalue weighted by Crippen LogP contribution is -2.01. The number of nitrogens with two attached hydrogens (primary N) is 1. The number of nitrogen functional groups attached to an aromatic ring is 1. The fourth-order valence-corrected chi connectivity index (χ4v) is 1.98. The molecule has 0 spiro atoms. The van der Waals surface area contributed by atoms with Crippen molar-refractivity contribution in [3.63, 3.8) is 0 Å². The zero-order chi connectivity index (χ0) is 13.1. The van der Waals surface area contributed by atoms with E-state index in [0.29, 0.717) is 22.8 Å². The molecule has 2 aromatic rings. The van der Waals surface area contributed by atoms with Crippen LogP contribution in [0.2, 0.25) is 0 Å². The predicted molar refractivity (Wildman–Crippen MR) is 75.8 cm³/mol. The van der Waals surface area contributed by atoms with Crippen LogP contribution in [0.4, 0.5) is 21.6 Å². The molecule has 4 nitrogen and oxygen atoms in total. The number of halogens is 2. The van der Waals surface area contributed by atoms with Crippen LogP contribution in [0.3, 0.4) is 0 Å².